The van der Waals surface area contributed by atoms with Crippen LogP contribution in [0.15, 0.2) is 85.1 Å². The molecule has 0 spiro atoms. The van der Waals surface area contributed by atoms with Gasteiger partial charge in [0.05, 0.1) is 34.4 Å². The number of quaternary nitrogens is 1. The zero-order valence-corrected chi connectivity index (χ0v) is 61.9. The molecule has 2 atom stereocenters. The van der Waals surface area contributed by atoms with Crippen molar-refractivity contribution in [3.63, 3.8) is 0 Å². The highest BCUT2D eigenvalue weighted by Crippen LogP contribution is 2.19. The molecular formula is C84H152NO8+. The van der Waals surface area contributed by atoms with Gasteiger partial charge in [0.25, 0.3) is 6.29 Å². The minimum Gasteiger partial charge on any atom is -0.477 e. The number of carboxylic acid groups (broad SMARTS) is 1. The highest BCUT2D eigenvalue weighted by atomic mass is 16.7. The third-order valence-corrected chi connectivity index (χ3v) is 17.7. The highest BCUT2D eigenvalue weighted by molar-refractivity contribution is 5.71. The summed E-state index contributed by atoms with van der Waals surface area (Å²) in [7, 11) is 5.99. The van der Waals surface area contributed by atoms with Gasteiger partial charge in [-0.05, 0) is 70.6 Å². The fourth-order valence-corrected chi connectivity index (χ4v) is 11.6. The van der Waals surface area contributed by atoms with Gasteiger partial charge in [0, 0.05) is 12.8 Å². The lowest BCUT2D eigenvalue weighted by atomic mass is 10.0. The molecule has 0 aromatic heterocycles. The van der Waals surface area contributed by atoms with Crippen LogP contribution in [0.2, 0.25) is 0 Å². The number of ether oxygens (including phenoxy) is 4. The summed E-state index contributed by atoms with van der Waals surface area (Å²) in [5, 5.41) is 9.77. The lowest BCUT2D eigenvalue weighted by molar-refractivity contribution is -0.870. The number of rotatable bonds is 74. The van der Waals surface area contributed by atoms with Crippen LogP contribution in [0.1, 0.15) is 373 Å². The Labute approximate surface area is 576 Å². The zero-order chi connectivity index (χ0) is 67.5. The Kier molecular flexibility index (Phi) is 71.4. The minimum atomic E-state index is -1.51. The molecule has 0 rings (SSSR count). The number of unbranched alkanes of at least 4 members (excludes halogenated alkanes) is 45. The molecule has 9 heteroatoms. The van der Waals surface area contributed by atoms with Crippen LogP contribution in [-0.4, -0.2) is 87.4 Å². The molecule has 0 saturated heterocycles. The van der Waals surface area contributed by atoms with Crippen LogP contribution in [0.25, 0.3) is 0 Å². The van der Waals surface area contributed by atoms with Gasteiger partial charge in [-0.25, -0.2) is 4.79 Å². The van der Waals surface area contributed by atoms with Crippen LogP contribution in [0, 0.1) is 0 Å². The maximum absolute atomic E-state index is 13.0. The Morgan fingerprint density at radius 3 is 0.914 bits per heavy atom. The first-order valence-corrected chi connectivity index (χ1v) is 39.8. The van der Waals surface area contributed by atoms with Crippen LogP contribution >= 0.6 is 0 Å². The first kappa shape index (κ1) is 89.5. The van der Waals surface area contributed by atoms with Gasteiger partial charge >= 0.3 is 17.9 Å². The molecule has 540 valence electrons. The molecule has 0 amide bonds. The standard InChI is InChI=1S/C84H151NO8/c1-6-8-10-12-14-16-18-20-22-24-26-28-30-32-34-36-38-40-41-43-44-46-48-50-52-54-56-58-60-62-64-66-68-70-72-74-81(86)91-78-80(79-92-84(83(88)89)90-77-76-85(3,4)5)93-82(87)75-73-71-69-67-65-63-61-59-57-55-53-51-49-47-45-42-39-37-35-33-31-29-27-25-23-21-19-17-15-13-11-9-7-2/h9,11,15,17,21,23,27,29,33,35,39,42,47,49,80,84H,6-8,10,12-14,16,18-20,22,24-26,28,30-32,34,36-38,40-41,43-46,48,50-79H2,1-5H3/p+1/b11-9-,17-15-,23-21-,29-27-,35-33-,42-39-,49-47-. The maximum Gasteiger partial charge on any atom is 0.361 e. The normalized spacial score (nSPS) is 13.1. The summed E-state index contributed by atoms with van der Waals surface area (Å²) in [4.78, 5) is 37.7. The number of allylic oxidation sites excluding steroid dienone is 14. The summed E-state index contributed by atoms with van der Waals surface area (Å²) in [5.41, 5.74) is 0. The third kappa shape index (κ3) is 75.7. The van der Waals surface area contributed by atoms with Gasteiger partial charge in [-0.1, -0.05) is 375 Å². The summed E-state index contributed by atoms with van der Waals surface area (Å²) in [6, 6.07) is 0. The summed E-state index contributed by atoms with van der Waals surface area (Å²) >= 11 is 0. The molecule has 2 unspecified atom stereocenters. The highest BCUT2D eigenvalue weighted by Gasteiger charge is 2.25. The van der Waals surface area contributed by atoms with Crippen molar-refractivity contribution in [2.45, 2.75) is 386 Å². The SMILES string of the molecule is CC/C=C\C/C=C\C/C=C\C/C=C\C/C=C\C/C=C\C/C=C\CCCCCCCCCCCCCC(=O)OC(COC(=O)CCCCCCCCCCCCCCCCCCCCCCCCCCCCCCCCCCCCC)COC(OCC[N+](C)(C)C)C(=O)O. The third-order valence-electron chi connectivity index (χ3n) is 17.7. The Morgan fingerprint density at radius 2 is 0.613 bits per heavy atom. The van der Waals surface area contributed by atoms with Crippen molar-refractivity contribution in [3.8, 4) is 0 Å². The van der Waals surface area contributed by atoms with Gasteiger partial charge in [0.15, 0.2) is 6.10 Å². The molecule has 9 nitrogen and oxygen atoms in total. The Bertz CT molecular complexity index is 1810. The molecule has 0 aliphatic rings. The predicted molar refractivity (Wildman–Crippen MR) is 401 cm³/mol. The van der Waals surface area contributed by atoms with E-state index in [1.54, 1.807) is 0 Å². The summed E-state index contributed by atoms with van der Waals surface area (Å²) in [6.07, 6.45) is 98.8. The molecule has 0 saturated carbocycles. The second kappa shape index (κ2) is 74.3. The first-order chi connectivity index (χ1) is 45.6. The fourth-order valence-electron chi connectivity index (χ4n) is 11.6. The lowest BCUT2D eigenvalue weighted by Gasteiger charge is -2.25. The largest absolute Gasteiger partial charge is 0.477 e. The summed E-state index contributed by atoms with van der Waals surface area (Å²) < 4.78 is 23.0. The number of likely N-dealkylation sites (N-methyl/N-ethyl adjacent to an activating group) is 1. The van der Waals surface area contributed by atoms with E-state index in [1.807, 2.05) is 21.1 Å². The number of hydrogen-bond acceptors (Lipinski definition) is 7. The van der Waals surface area contributed by atoms with E-state index < -0.39 is 24.3 Å². The number of carbonyl (C=O) groups is 3. The summed E-state index contributed by atoms with van der Waals surface area (Å²) in [6.45, 7) is 4.81. The van der Waals surface area contributed by atoms with Crippen LogP contribution in [0.4, 0.5) is 0 Å². The van der Waals surface area contributed by atoms with Crippen molar-refractivity contribution >= 4 is 17.9 Å². The van der Waals surface area contributed by atoms with Crippen molar-refractivity contribution in [2.75, 3.05) is 47.5 Å². The van der Waals surface area contributed by atoms with Crippen molar-refractivity contribution < 1.29 is 42.9 Å². The average molecular weight is 1300 g/mol. The quantitative estimate of drug-likeness (QED) is 0.0211. The van der Waals surface area contributed by atoms with E-state index >= 15 is 0 Å². The molecule has 0 fully saturated rings. The first-order valence-electron chi connectivity index (χ1n) is 39.8. The fraction of sp³-hybridized carbons (Fsp3) is 0.798. The maximum atomic E-state index is 13.0. The molecule has 93 heavy (non-hydrogen) atoms. The summed E-state index contributed by atoms with van der Waals surface area (Å²) in [5.74, 6) is -1.99. The molecular weight excluding hydrogens is 1150 g/mol. The topological polar surface area (TPSA) is 108 Å². The number of carbonyl (C=O) groups excluding carboxylic acids is 2. The van der Waals surface area contributed by atoms with E-state index in [1.165, 1.54) is 250 Å². The van der Waals surface area contributed by atoms with Crippen molar-refractivity contribution in [1.29, 1.82) is 0 Å². The monoisotopic (exact) mass is 1300 g/mol. The van der Waals surface area contributed by atoms with Gasteiger partial charge in [-0.15, -0.1) is 0 Å². The van der Waals surface area contributed by atoms with Gasteiger partial charge in [0.2, 0.25) is 0 Å². The Balaban J connectivity index is 4.02. The second-order valence-electron chi connectivity index (χ2n) is 28.0. The van der Waals surface area contributed by atoms with E-state index in [4.69, 9.17) is 18.9 Å². The lowest BCUT2D eigenvalue weighted by Crippen LogP contribution is -2.40. The van der Waals surface area contributed by atoms with Crippen LogP contribution in [-0.2, 0) is 33.3 Å². The molecule has 0 aromatic rings. The van der Waals surface area contributed by atoms with E-state index in [-0.39, 0.29) is 32.2 Å². The second-order valence-corrected chi connectivity index (χ2v) is 28.0. The molecule has 0 aliphatic carbocycles. The van der Waals surface area contributed by atoms with Gasteiger partial charge < -0.3 is 28.5 Å². The van der Waals surface area contributed by atoms with Gasteiger partial charge in [0.1, 0.15) is 13.2 Å². The van der Waals surface area contributed by atoms with Crippen molar-refractivity contribution in [3.05, 3.63) is 85.1 Å². The van der Waals surface area contributed by atoms with E-state index in [0.29, 0.717) is 23.9 Å². The van der Waals surface area contributed by atoms with Crippen LogP contribution in [0.3, 0.4) is 0 Å². The average Bonchev–Trinajstić information content (AvgIpc) is 3.74. The molecule has 0 bridgehead atoms. The predicted octanol–water partition coefficient (Wildman–Crippen LogP) is 25.4. The minimum absolute atomic E-state index is 0.182. The number of aliphatic carboxylic acids is 1. The van der Waals surface area contributed by atoms with Gasteiger partial charge in [-0.2, -0.15) is 0 Å². The van der Waals surface area contributed by atoms with Crippen molar-refractivity contribution in [2.24, 2.45) is 0 Å². The van der Waals surface area contributed by atoms with E-state index in [9.17, 15) is 19.5 Å². The molecule has 0 radical (unpaired) electrons. The number of carboxylic acids is 1. The van der Waals surface area contributed by atoms with Crippen LogP contribution in [0.5, 0.6) is 0 Å². The molecule has 0 aliphatic heterocycles. The Hall–Kier alpha value is -3.53. The van der Waals surface area contributed by atoms with Gasteiger partial charge in [-0.3, -0.25) is 9.59 Å². The molecule has 0 aromatic carbocycles. The van der Waals surface area contributed by atoms with E-state index in [0.717, 1.165) is 89.9 Å². The number of esters is 2. The van der Waals surface area contributed by atoms with E-state index in [2.05, 4.69) is 98.9 Å². The Morgan fingerprint density at radius 1 is 0.333 bits per heavy atom. The molecule has 0 heterocycles. The zero-order valence-electron chi connectivity index (χ0n) is 61.9. The molecule has 1 N–H and O–H groups in total. The number of hydrogen-bond donors (Lipinski definition) is 1. The number of nitrogens with zero attached hydrogens (tertiary/aromatic N) is 1. The smallest absolute Gasteiger partial charge is 0.361 e. The van der Waals surface area contributed by atoms with Crippen LogP contribution < -0.4 is 0 Å². The van der Waals surface area contributed by atoms with Crippen molar-refractivity contribution in [1.82, 2.24) is 0 Å².